The van der Waals surface area contributed by atoms with Gasteiger partial charge in [-0.3, -0.25) is 0 Å². The lowest BCUT2D eigenvalue weighted by atomic mass is 9.73. The third-order valence-electron chi connectivity index (χ3n) is 4.24. The molecule has 1 heteroatoms. The molecule has 2 rings (SSSR count). The summed E-state index contributed by atoms with van der Waals surface area (Å²) >= 11 is 0. The second-order valence-electron chi connectivity index (χ2n) is 5.44. The highest BCUT2D eigenvalue weighted by molar-refractivity contribution is 5.21. The summed E-state index contributed by atoms with van der Waals surface area (Å²) in [6, 6.07) is 11.0. The number of hydrogen-bond donors (Lipinski definition) is 1. The van der Waals surface area contributed by atoms with Crippen molar-refractivity contribution in [2.75, 3.05) is 13.1 Å². The predicted octanol–water partition coefficient (Wildman–Crippen LogP) is 3.82. The summed E-state index contributed by atoms with van der Waals surface area (Å²) in [5.41, 5.74) is 1.52. The van der Waals surface area contributed by atoms with Gasteiger partial charge in [-0.25, -0.2) is 0 Å². The molecule has 1 nitrogen and oxygen atoms in total. The molecule has 17 heavy (non-hydrogen) atoms. The zero-order valence-corrected chi connectivity index (χ0v) is 11.2. The summed E-state index contributed by atoms with van der Waals surface area (Å²) in [6.07, 6.45) is 4.02. The minimum atomic E-state index is 0.714. The van der Waals surface area contributed by atoms with E-state index in [4.69, 9.17) is 0 Å². The first-order chi connectivity index (χ1) is 8.33. The average molecular weight is 231 g/mol. The fourth-order valence-electron chi connectivity index (χ4n) is 3.29. The molecule has 0 radical (unpaired) electrons. The highest BCUT2D eigenvalue weighted by Crippen LogP contribution is 2.36. The van der Waals surface area contributed by atoms with Crippen LogP contribution >= 0.6 is 0 Å². The first-order valence-corrected chi connectivity index (χ1v) is 7.08. The molecule has 1 aliphatic heterocycles. The largest absolute Gasteiger partial charge is 0.316 e. The molecule has 0 amide bonds. The van der Waals surface area contributed by atoms with Crippen molar-refractivity contribution in [1.29, 1.82) is 0 Å². The molecule has 1 aromatic rings. The molecule has 94 valence electrons. The summed E-state index contributed by atoms with van der Waals surface area (Å²) in [5, 5.41) is 3.56. The summed E-state index contributed by atoms with van der Waals surface area (Å²) < 4.78 is 0. The van der Waals surface area contributed by atoms with Crippen LogP contribution in [0.5, 0.6) is 0 Å². The number of benzene rings is 1. The third kappa shape index (κ3) is 3.10. The predicted molar refractivity (Wildman–Crippen MR) is 74.2 cm³/mol. The molecular formula is C16H25N. The van der Waals surface area contributed by atoms with E-state index in [1.54, 1.807) is 0 Å². The van der Waals surface area contributed by atoms with Gasteiger partial charge in [0.05, 0.1) is 0 Å². The van der Waals surface area contributed by atoms with E-state index in [0.717, 1.165) is 18.4 Å². The summed E-state index contributed by atoms with van der Waals surface area (Å²) in [5.74, 6) is 2.43. The second-order valence-corrected chi connectivity index (χ2v) is 5.44. The van der Waals surface area contributed by atoms with E-state index in [-0.39, 0.29) is 0 Å². The van der Waals surface area contributed by atoms with E-state index in [0.29, 0.717) is 5.92 Å². The van der Waals surface area contributed by atoms with Crippen molar-refractivity contribution >= 4 is 0 Å². The SMILES string of the molecule is CCCC(C)C1CCNCC1c1ccccc1. The minimum Gasteiger partial charge on any atom is -0.316 e. The van der Waals surface area contributed by atoms with Crippen LogP contribution in [0.3, 0.4) is 0 Å². The van der Waals surface area contributed by atoms with Crippen molar-refractivity contribution in [1.82, 2.24) is 5.32 Å². The smallest absolute Gasteiger partial charge is 0.00229 e. The monoisotopic (exact) mass is 231 g/mol. The van der Waals surface area contributed by atoms with Crippen LogP contribution in [0.1, 0.15) is 44.6 Å². The maximum atomic E-state index is 3.56. The molecule has 3 atom stereocenters. The van der Waals surface area contributed by atoms with Gasteiger partial charge in [-0.15, -0.1) is 0 Å². The number of nitrogens with one attached hydrogen (secondary N) is 1. The van der Waals surface area contributed by atoms with Crippen LogP contribution in [0.2, 0.25) is 0 Å². The zero-order chi connectivity index (χ0) is 12.1. The van der Waals surface area contributed by atoms with Crippen molar-refractivity contribution in [3.05, 3.63) is 35.9 Å². The van der Waals surface area contributed by atoms with E-state index in [1.165, 1.54) is 31.4 Å². The molecule has 0 aromatic heterocycles. The van der Waals surface area contributed by atoms with Gasteiger partial charge < -0.3 is 5.32 Å². The van der Waals surface area contributed by atoms with Crippen LogP contribution in [-0.4, -0.2) is 13.1 Å². The first kappa shape index (κ1) is 12.6. The second kappa shape index (κ2) is 6.20. The number of hydrogen-bond acceptors (Lipinski definition) is 1. The molecule has 1 aromatic carbocycles. The van der Waals surface area contributed by atoms with Crippen LogP contribution in [0.25, 0.3) is 0 Å². The van der Waals surface area contributed by atoms with E-state index >= 15 is 0 Å². The summed E-state index contributed by atoms with van der Waals surface area (Å²) in [7, 11) is 0. The molecule has 0 bridgehead atoms. The zero-order valence-electron chi connectivity index (χ0n) is 11.2. The van der Waals surface area contributed by atoms with E-state index in [2.05, 4.69) is 49.5 Å². The Bertz CT molecular complexity index is 320. The number of piperidine rings is 1. The lowest BCUT2D eigenvalue weighted by Gasteiger charge is -2.36. The van der Waals surface area contributed by atoms with Crippen molar-refractivity contribution in [3.63, 3.8) is 0 Å². The Morgan fingerprint density at radius 3 is 2.76 bits per heavy atom. The molecule has 1 fully saturated rings. The van der Waals surface area contributed by atoms with Gasteiger partial charge in [0.1, 0.15) is 0 Å². The van der Waals surface area contributed by atoms with Crippen molar-refractivity contribution < 1.29 is 0 Å². The van der Waals surface area contributed by atoms with Crippen LogP contribution < -0.4 is 5.32 Å². The summed E-state index contributed by atoms with van der Waals surface area (Å²) in [6.45, 7) is 7.09. The molecule has 1 N–H and O–H groups in total. The Morgan fingerprint density at radius 1 is 1.29 bits per heavy atom. The van der Waals surface area contributed by atoms with E-state index in [9.17, 15) is 0 Å². The average Bonchev–Trinajstić information content (AvgIpc) is 2.40. The highest BCUT2D eigenvalue weighted by atomic mass is 14.9. The topological polar surface area (TPSA) is 12.0 Å². The van der Waals surface area contributed by atoms with E-state index in [1.807, 2.05) is 0 Å². The fourth-order valence-corrected chi connectivity index (χ4v) is 3.29. The Morgan fingerprint density at radius 2 is 2.06 bits per heavy atom. The molecule has 1 aliphatic rings. The molecule has 1 saturated heterocycles. The van der Waals surface area contributed by atoms with Gasteiger partial charge in [-0.2, -0.15) is 0 Å². The Kier molecular flexibility index (Phi) is 4.61. The Hall–Kier alpha value is -0.820. The van der Waals surface area contributed by atoms with Gasteiger partial charge in [-0.05, 0) is 36.3 Å². The highest BCUT2D eigenvalue weighted by Gasteiger charge is 2.29. The Balaban J connectivity index is 2.12. The maximum Gasteiger partial charge on any atom is 0.00229 e. The maximum absolute atomic E-state index is 3.56. The normalized spacial score (nSPS) is 26.7. The number of rotatable bonds is 4. The van der Waals surface area contributed by atoms with Crippen LogP contribution in [0.4, 0.5) is 0 Å². The van der Waals surface area contributed by atoms with Gasteiger partial charge in [0, 0.05) is 6.54 Å². The van der Waals surface area contributed by atoms with Gasteiger partial charge >= 0.3 is 0 Å². The van der Waals surface area contributed by atoms with Crippen molar-refractivity contribution in [2.45, 2.75) is 39.0 Å². The van der Waals surface area contributed by atoms with Crippen molar-refractivity contribution in [3.8, 4) is 0 Å². The summed E-state index contributed by atoms with van der Waals surface area (Å²) in [4.78, 5) is 0. The molecule has 3 unspecified atom stereocenters. The standard InChI is InChI=1S/C16H25N/c1-3-7-13(2)15-10-11-17-12-16(15)14-8-5-4-6-9-14/h4-6,8-9,13,15-17H,3,7,10-12H2,1-2H3. The molecule has 0 aliphatic carbocycles. The van der Waals surface area contributed by atoms with Crippen LogP contribution in [0, 0.1) is 11.8 Å². The molecule has 1 heterocycles. The fraction of sp³-hybridized carbons (Fsp3) is 0.625. The van der Waals surface area contributed by atoms with Crippen LogP contribution in [0.15, 0.2) is 30.3 Å². The lowest BCUT2D eigenvalue weighted by molar-refractivity contribution is 0.227. The lowest BCUT2D eigenvalue weighted by Crippen LogP contribution is -2.37. The quantitative estimate of drug-likeness (QED) is 0.830. The minimum absolute atomic E-state index is 0.714. The van der Waals surface area contributed by atoms with Gasteiger partial charge in [0.15, 0.2) is 0 Å². The Labute approximate surface area is 106 Å². The van der Waals surface area contributed by atoms with Gasteiger partial charge in [0.25, 0.3) is 0 Å². The van der Waals surface area contributed by atoms with Crippen LogP contribution in [-0.2, 0) is 0 Å². The molecule has 0 spiro atoms. The van der Waals surface area contributed by atoms with Gasteiger partial charge in [-0.1, -0.05) is 57.0 Å². The van der Waals surface area contributed by atoms with E-state index < -0.39 is 0 Å². The first-order valence-electron chi connectivity index (χ1n) is 7.08. The van der Waals surface area contributed by atoms with Crippen molar-refractivity contribution in [2.24, 2.45) is 11.8 Å². The molecular weight excluding hydrogens is 206 g/mol. The van der Waals surface area contributed by atoms with Gasteiger partial charge in [0.2, 0.25) is 0 Å². The molecule has 0 saturated carbocycles. The third-order valence-corrected chi connectivity index (χ3v) is 4.24.